The molecule has 0 aliphatic carbocycles. The first-order valence-corrected chi connectivity index (χ1v) is 10.0. The lowest BCUT2D eigenvalue weighted by molar-refractivity contribution is 0.0928. The molecule has 4 rings (SSSR count). The molecule has 2 amide bonds. The Morgan fingerprint density at radius 1 is 1.21 bits per heavy atom. The van der Waals surface area contributed by atoms with Crippen LogP contribution in [0.3, 0.4) is 0 Å². The third-order valence-electron chi connectivity index (χ3n) is 5.28. The first kappa shape index (κ1) is 19.1. The second kappa shape index (κ2) is 8.03. The molecule has 2 N–H and O–H groups in total. The van der Waals surface area contributed by atoms with Gasteiger partial charge in [0.25, 0.3) is 11.8 Å². The van der Waals surface area contributed by atoms with Gasteiger partial charge in [-0.1, -0.05) is 24.3 Å². The number of carbonyl (C=O) groups is 2. The molecule has 29 heavy (non-hydrogen) atoms. The van der Waals surface area contributed by atoms with Crippen LogP contribution in [0.5, 0.6) is 0 Å². The standard InChI is InChI=1S/C22H25N5O2/c1-14(2)26-21(28)18-13-25-27-10-8-15(11-19(18)27)12-24-22(29)20-17-6-4-3-5-16(17)7-9-23-20/h3-7,9,13-15H,8,10-12H2,1-2H3,(H,24,29)(H,26,28)/t15-/m1/s1. The maximum Gasteiger partial charge on any atom is 0.270 e. The number of fused-ring (bicyclic) bond motifs is 2. The van der Waals surface area contributed by atoms with E-state index in [-0.39, 0.29) is 23.8 Å². The molecule has 1 aromatic carbocycles. The first-order valence-electron chi connectivity index (χ1n) is 10.0. The summed E-state index contributed by atoms with van der Waals surface area (Å²) in [6.07, 6.45) is 4.93. The lowest BCUT2D eigenvalue weighted by atomic mass is 9.94. The Morgan fingerprint density at radius 2 is 2.03 bits per heavy atom. The van der Waals surface area contributed by atoms with E-state index in [0.29, 0.717) is 24.2 Å². The van der Waals surface area contributed by atoms with Crippen molar-refractivity contribution in [2.24, 2.45) is 5.92 Å². The Labute approximate surface area is 169 Å². The zero-order valence-corrected chi connectivity index (χ0v) is 16.7. The van der Waals surface area contributed by atoms with E-state index in [4.69, 9.17) is 0 Å². The largest absolute Gasteiger partial charge is 0.350 e. The fourth-order valence-electron chi connectivity index (χ4n) is 3.82. The Kier molecular flexibility index (Phi) is 5.29. The Balaban J connectivity index is 1.44. The molecule has 3 heterocycles. The second-order valence-corrected chi connectivity index (χ2v) is 7.81. The summed E-state index contributed by atoms with van der Waals surface area (Å²) in [6.45, 7) is 5.17. The average molecular weight is 391 g/mol. The number of rotatable bonds is 5. The molecule has 3 aromatic rings. The van der Waals surface area contributed by atoms with Crippen LogP contribution in [0.1, 0.15) is 46.8 Å². The van der Waals surface area contributed by atoms with Gasteiger partial charge in [0.05, 0.1) is 17.5 Å². The normalized spacial score (nSPS) is 15.9. The van der Waals surface area contributed by atoms with Crippen LogP contribution >= 0.6 is 0 Å². The highest BCUT2D eigenvalue weighted by Gasteiger charge is 2.26. The highest BCUT2D eigenvalue weighted by Crippen LogP contribution is 2.23. The second-order valence-electron chi connectivity index (χ2n) is 7.81. The predicted octanol–water partition coefficient (Wildman–Crippen LogP) is 2.56. The maximum atomic E-state index is 12.7. The van der Waals surface area contributed by atoms with Crippen molar-refractivity contribution in [3.8, 4) is 0 Å². The van der Waals surface area contributed by atoms with E-state index in [1.54, 1.807) is 12.4 Å². The molecule has 0 spiro atoms. The van der Waals surface area contributed by atoms with Crippen molar-refractivity contribution in [1.82, 2.24) is 25.4 Å². The molecule has 0 bridgehead atoms. The third kappa shape index (κ3) is 3.99. The number of nitrogens with one attached hydrogen (secondary N) is 2. The van der Waals surface area contributed by atoms with Gasteiger partial charge in [-0.05, 0) is 44.1 Å². The molecule has 1 atom stereocenters. The van der Waals surface area contributed by atoms with Gasteiger partial charge >= 0.3 is 0 Å². The Hall–Kier alpha value is -3.22. The van der Waals surface area contributed by atoms with E-state index in [0.717, 1.165) is 29.4 Å². The lowest BCUT2D eigenvalue weighted by Gasteiger charge is -2.24. The van der Waals surface area contributed by atoms with Gasteiger partial charge in [-0.25, -0.2) is 0 Å². The van der Waals surface area contributed by atoms with Crippen molar-refractivity contribution in [2.75, 3.05) is 6.54 Å². The minimum atomic E-state index is -0.168. The molecule has 2 aromatic heterocycles. The highest BCUT2D eigenvalue weighted by atomic mass is 16.2. The molecule has 7 nitrogen and oxygen atoms in total. The zero-order valence-electron chi connectivity index (χ0n) is 16.7. The van der Waals surface area contributed by atoms with Crippen LogP contribution in [0.2, 0.25) is 0 Å². The molecule has 150 valence electrons. The van der Waals surface area contributed by atoms with E-state index >= 15 is 0 Å². The minimum absolute atomic E-state index is 0.0740. The van der Waals surface area contributed by atoms with Crippen molar-refractivity contribution in [2.45, 2.75) is 39.3 Å². The summed E-state index contributed by atoms with van der Waals surface area (Å²) < 4.78 is 1.90. The number of aromatic nitrogens is 3. The van der Waals surface area contributed by atoms with Gasteiger partial charge in [-0.2, -0.15) is 5.10 Å². The summed E-state index contributed by atoms with van der Waals surface area (Å²) in [5, 5.41) is 12.2. The number of benzene rings is 1. The SMILES string of the molecule is CC(C)NC(=O)c1cnn2c1C[C@H](CNC(=O)c1nccc3ccccc13)CC2. The van der Waals surface area contributed by atoms with Gasteiger partial charge < -0.3 is 10.6 Å². The smallest absolute Gasteiger partial charge is 0.270 e. The number of hydrogen-bond donors (Lipinski definition) is 2. The molecule has 1 aliphatic rings. The number of amides is 2. The molecule has 0 unspecified atom stereocenters. The first-order chi connectivity index (χ1) is 14.0. The number of hydrogen-bond acceptors (Lipinski definition) is 4. The van der Waals surface area contributed by atoms with Gasteiger partial charge in [0.15, 0.2) is 0 Å². The monoisotopic (exact) mass is 391 g/mol. The summed E-state index contributed by atoms with van der Waals surface area (Å²) in [4.78, 5) is 29.5. The lowest BCUT2D eigenvalue weighted by Crippen LogP contribution is -2.35. The quantitative estimate of drug-likeness (QED) is 0.700. The topological polar surface area (TPSA) is 88.9 Å². The number of carbonyl (C=O) groups excluding carboxylic acids is 2. The van der Waals surface area contributed by atoms with Crippen LogP contribution in [-0.2, 0) is 13.0 Å². The Morgan fingerprint density at radius 3 is 2.86 bits per heavy atom. The van der Waals surface area contributed by atoms with Gasteiger partial charge in [0.1, 0.15) is 5.69 Å². The van der Waals surface area contributed by atoms with Crippen LogP contribution in [0.4, 0.5) is 0 Å². The van der Waals surface area contributed by atoms with E-state index in [1.807, 2.05) is 48.9 Å². The third-order valence-corrected chi connectivity index (χ3v) is 5.28. The van der Waals surface area contributed by atoms with Crippen LogP contribution in [0, 0.1) is 5.92 Å². The molecular weight excluding hydrogens is 366 g/mol. The van der Waals surface area contributed by atoms with Crippen LogP contribution in [-0.4, -0.2) is 39.2 Å². The van der Waals surface area contributed by atoms with Crippen molar-refractivity contribution in [1.29, 1.82) is 0 Å². The van der Waals surface area contributed by atoms with Gasteiger partial charge in [-0.3, -0.25) is 19.3 Å². The van der Waals surface area contributed by atoms with E-state index in [2.05, 4.69) is 20.7 Å². The van der Waals surface area contributed by atoms with Crippen LogP contribution in [0.25, 0.3) is 10.8 Å². The molecule has 0 radical (unpaired) electrons. The van der Waals surface area contributed by atoms with E-state index in [1.165, 1.54) is 0 Å². The minimum Gasteiger partial charge on any atom is -0.350 e. The Bertz CT molecular complexity index is 1050. The molecule has 0 saturated heterocycles. The maximum absolute atomic E-state index is 12.7. The van der Waals surface area contributed by atoms with E-state index < -0.39 is 0 Å². The number of nitrogens with zero attached hydrogens (tertiary/aromatic N) is 3. The van der Waals surface area contributed by atoms with Gasteiger partial charge in [-0.15, -0.1) is 0 Å². The van der Waals surface area contributed by atoms with Crippen molar-refractivity contribution < 1.29 is 9.59 Å². The summed E-state index contributed by atoms with van der Waals surface area (Å²) in [5.74, 6) is -0.00623. The van der Waals surface area contributed by atoms with Gasteiger partial charge in [0.2, 0.25) is 0 Å². The van der Waals surface area contributed by atoms with Crippen molar-refractivity contribution >= 4 is 22.6 Å². The summed E-state index contributed by atoms with van der Waals surface area (Å²) in [5.41, 5.74) is 2.02. The summed E-state index contributed by atoms with van der Waals surface area (Å²) >= 11 is 0. The van der Waals surface area contributed by atoms with Crippen molar-refractivity contribution in [3.63, 3.8) is 0 Å². The van der Waals surface area contributed by atoms with E-state index in [9.17, 15) is 9.59 Å². The highest BCUT2D eigenvalue weighted by molar-refractivity contribution is 6.05. The summed E-state index contributed by atoms with van der Waals surface area (Å²) in [6, 6.07) is 9.72. The fourth-order valence-corrected chi connectivity index (χ4v) is 3.82. The van der Waals surface area contributed by atoms with Crippen LogP contribution in [0.15, 0.2) is 42.7 Å². The summed E-state index contributed by atoms with van der Waals surface area (Å²) in [7, 11) is 0. The van der Waals surface area contributed by atoms with Crippen molar-refractivity contribution in [3.05, 3.63) is 59.7 Å². The number of pyridine rings is 1. The molecule has 7 heteroatoms. The van der Waals surface area contributed by atoms with Crippen LogP contribution < -0.4 is 10.6 Å². The fraction of sp³-hybridized carbons (Fsp3) is 0.364. The molecule has 1 aliphatic heterocycles. The average Bonchev–Trinajstić information content (AvgIpc) is 3.14. The zero-order chi connectivity index (χ0) is 20.4. The molecule has 0 fully saturated rings. The molecular formula is C22H25N5O2. The number of aryl methyl sites for hydroxylation is 1. The predicted molar refractivity (Wildman–Crippen MR) is 111 cm³/mol. The van der Waals surface area contributed by atoms with Gasteiger partial charge in [0, 0.05) is 30.7 Å². The molecule has 0 saturated carbocycles.